The van der Waals surface area contributed by atoms with Gasteiger partial charge >= 0.3 is 5.97 Å². The molecule has 0 bridgehead atoms. The molecule has 112 valence electrons. The van der Waals surface area contributed by atoms with Crippen LogP contribution in [0.4, 0.5) is 0 Å². The Hall–Kier alpha value is -2.15. The first-order chi connectivity index (χ1) is 10.6. The third-order valence-corrected chi connectivity index (χ3v) is 4.78. The SMILES string of the molecule is O=C(O)c1ncn2c1[C@@H]1CCCN1C(=O)c1cc(Br)ccc1-2. The predicted molar refractivity (Wildman–Crippen MR) is 81.2 cm³/mol. The number of benzene rings is 1. The number of carbonyl (C=O) groups is 2. The van der Waals surface area contributed by atoms with Crippen molar-refractivity contribution in [3.63, 3.8) is 0 Å². The summed E-state index contributed by atoms with van der Waals surface area (Å²) in [4.78, 5) is 30.2. The summed E-state index contributed by atoms with van der Waals surface area (Å²) in [6, 6.07) is 5.21. The van der Waals surface area contributed by atoms with Crippen LogP contribution in [0.5, 0.6) is 0 Å². The maximum absolute atomic E-state index is 12.8. The summed E-state index contributed by atoms with van der Waals surface area (Å²) in [5.74, 6) is -1.12. The number of halogens is 1. The van der Waals surface area contributed by atoms with E-state index in [0.717, 1.165) is 17.3 Å². The van der Waals surface area contributed by atoms with Gasteiger partial charge in [-0.25, -0.2) is 9.78 Å². The number of nitrogens with zero attached hydrogens (tertiary/aromatic N) is 3. The van der Waals surface area contributed by atoms with Crippen molar-refractivity contribution >= 4 is 27.8 Å². The van der Waals surface area contributed by atoms with Crippen LogP contribution in [0.3, 0.4) is 0 Å². The summed E-state index contributed by atoms with van der Waals surface area (Å²) < 4.78 is 2.57. The fourth-order valence-corrected chi connectivity index (χ4v) is 3.73. The van der Waals surface area contributed by atoms with E-state index in [2.05, 4.69) is 20.9 Å². The highest BCUT2D eigenvalue weighted by molar-refractivity contribution is 9.10. The van der Waals surface area contributed by atoms with Crippen molar-refractivity contribution in [1.82, 2.24) is 14.5 Å². The molecule has 22 heavy (non-hydrogen) atoms. The maximum Gasteiger partial charge on any atom is 0.356 e. The van der Waals surface area contributed by atoms with Crippen molar-refractivity contribution in [3.05, 3.63) is 46.0 Å². The quantitative estimate of drug-likeness (QED) is 0.846. The molecular formula is C15H12BrN3O3. The van der Waals surface area contributed by atoms with Crippen LogP contribution < -0.4 is 0 Å². The molecule has 0 radical (unpaired) electrons. The number of aromatic carboxylic acids is 1. The second-order valence-electron chi connectivity index (χ2n) is 5.47. The highest BCUT2D eigenvalue weighted by Crippen LogP contribution is 2.40. The average Bonchev–Trinajstić information content (AvgIpc) is 3.10. The van der Waals surface area contributed by atoms with Crippen LogP contribution in [0.1, 0.15) is 45.4 Å². The van der Waals surface area contributed by atoms with Crippen LogP contribution in [-0.2, 0) is 0 Å². The molecule has 1 N–H and O–H groups in total. The summed E-state index contributed by atoms with van der Waals surface area (Å²) in [5.41, 5.74) is 1.87. The fourth-order valence-electron chi connectivity index (χ4n) is 3.37. The fraction of sp³-hybridized carbons (Fsp3) is 0.267. The molecule has 4 rings (SSSR count). The Kier molecular flexibility index (Phi) is 2.87. The highest BCUT2D eigenvalue weighted by Gasteiger charge is 2.39. The zero-order valence-electron chi connectivity index (χ0n) is 11.5. The first kappa shape index (κ1) is 13.5. The number of rotatable bonds is 1. The lowest BCUT2D eigenvalue weighted by Crippen LogP contribution is -2.30. The summed E-state index contributed by atoms with van der Waals surface area (Å²) >= 11 is 3.39. The molecule has 2 aliphatic rings. The smallest absolute Gasteiger partial charge is 0.356 e. The number of fused-ring (bicyclic) bond motifs is 5. The van der Waals surface area contributed by atoms with E-state index in [1.165, 1.54) is 6.33 Å². The molecule has 2 aromatic rings. The molecule has 1 amide bonds. The molecule has 3 heterocycles. The summed E-state index contributed by atoms with van der Waals surface area (Å²) in [6.45, 7) is 0.639. The van der Waals surface area contributed by atoms with Crippen LogP contribution in [0.2, 0.25) is 0 Å². The Morgan fingerprint density at radius 2 is 2.23 bits per heavy atom. The number of hydrogen-bond donors (Lipinski definition) is 1. The molecule has 2 aliphatic heterocycles. The van der Waals surface area contributed by atoms with E-state index in [1.54, 1.807) is 15.5 Å². The monoisotopic (exact) mass is 361 g/mol. The lowest BCUT2D eigenvalue weighted by atomic mass is 10.1. The van der Waals surface area contributed by atoms with Gasteiger partial charge in [0.15, 0.2) is 5.69 Å². The van der Waals surface area contributed by atoms with Gasteiger partial charge in [-0.3, -0.25) is 9.36 Å². The van der Waals surface area contributed by atoms with Crippen LogP contribution in [0.15, 0.2) is 29.0 Å². The average molecular weight is 362 g/mol. The van der Waals surface area contributed by atoms with Gasteiger partial charge in [-0.05, 0) is 31.0 Å². The molecule has 1 saturated heterocycles. The Labute approximate surface area is 134 Å². The van der Waals surface area contributed by atoms with Gasteiger partial charge in [0, 0.05) is 11.0 Å². The molecule has 7 heteroatoms. The van der Waals surface area contributed by atoms with Crippen molar-refractivity contribution < 1.29 is 14.7 Å². The van der Waals surface area contributed by atoms with Crippen molar-refractivity contribution in [3.8, 4) is 5.69 Å². The van der Waals surface area contributed by atoms with Crippen molar-refractivity contribution in [2.24, 2.45) is 0 Å². The van der Waals surface area contributed by atoms with Gasteiger partial charge in [0.05, 0.1) is 23.0 Å². The zero-order valence-corrected chi connectivity index (χ0v) is 13.1. The van der Waals surface area contributed by atoms with E-state index in [0.29, 0.717) is 23.5 Å². The number of carboxylic acids is 1. The van der Waals surface area contributed by atoms with Gasteiger partial charge < -0.3 is 10.0 Å². The number of aromatic nitrogens is 2. The van der Waals surface area contributed by atoms with Gasteiger partial charge in [0.25, 0.3) is 5.91 Å². The summed E-state index contributed by atoms with van der Waals surface area (Å²) in [5, 5.41) is 9.41. The number of imidazole rings is 1. The van der Waals surface area contributed by atoms with E-state index in [1.807, 2.05) is 12.1 Å². The van der Waals surface area contributed by atoms with E-state index in [-0.39, 0.29) is 17.6 Å². The second-order valence-corrected chi connectivity index (χ2v) is 6.39. The van der Waals surface area contributed by atoms with Crippen LogP contribution >= 0.6 is 15.9 Å². The van der Waals surface area contributed by atoms with Gasteiger partial charge in [-0.1, -0.05) is 15.9 Å². The van der Waals surface area contributed by atoms with Gasteiger partial charge in [0.1, 0.15) is 6.33 Å². The topological polar surface area (TPSA) is 75.4 Å². The Morgan fingerprint density at radius 1 is 1.41 bits per heavy atom. The second kappa shape index (κ2) is 4.67. The summed E-state index contributed by atoms with van der Waals surface area (Å²) in [7, 11) is 0. The van der Waals surface area contributed by atoms with E-state index in [9.17, 15) is 14.7 Å². The standard InChI is InChI=1S/C15H12BrN3O3/c16-8-3-4-10-9(6-8)14(20)18-5-1-2-11(18)13-12(15(21)22)17-7-19(10)13/h3-4,6-7,11H,1-2,5H2,(H,21,22)/t11-/m0/s1. The van der Waals surface area contributed by atoms with E-state index < -0.39 is 5.97 Å². The molecule has 0 spiro atoms. The Bertz CT molecular complexity index is 814. The largest absolute Gasteiger partial charge is 0.476 e. The van der Waals surface area contributed by atoms with Gasteiger partial charge in [-0.2, -0.15) is 0 Å². The van der Waals surface area contributed by atoms with Crippen LogP contribution in [0, 0.1) is 0 Å². The Balaban J connectivity index is 2.05. The zero-order chi connectivity index (χ0) is 15.4. The minimum absolute atomic E-state index is 0.0282. The number of carboxylic acid groups (broad SMARTS) is 1. The van der Waals surface area contributed by atoms with Crippen LogP contribution in [-0.4, -0.2) is 38.0 Å². The molecule has 1 aromatic carbocycles. The summed E-state index contributed by atoms with van der Waals surface area (Å²) in [6.07, 6.45) is 3.12. The Morgan fingerprint density at radius 3 is 3.00 bits per heavy atom. The molecule has 1 atom stereocenters. The first-order valence-corrected chi connectivity index (χ1v) is 7.78. The third-order valence-electron chi connectivity index (χ3n) is 4.28. The van der Waals surface area contributed by atoms with Crippen LogP contribution in [0.25, 0.3) is 5.69 Å². The number of hydrogen-bond acceptors (Lipinski definition) is 3. The van der Waals surface area contributed by atoms with Crippen molar-refractivity contribution in [2.45, 2.75) is 18.9 Å². The van der Waals surface area contributed by atoms with Crippen molar-refractivity contribution in [1.29, 1.82) is 0 Å². The minimum Gasteiger partial charge on any atom is -0.476 e. The third kappa shape index (κ3) is 1.75. The normalized spacial score (nSPS) is 19.4. The van der Waals surface area contributed by atoms with Crippen molar-refractivity contribution in [2.75, 3.05) is 6.54 Å². The highest BCUT2D eigenvalue weighted by atomic mass is 79.9. The molecule has 0 aliphatic carbocycles. The van der Waals surface area contributed by atoms with Gasteiger partial charge in [-0.15, -0.1) is 0 Å². The number of amides is 1. The first-order valence-electron chi connectivity index (χ1n) is 6.99. The maximum atomic E-state index is 12.8. The predicted octanol–water partition coefficient (Wildman–Crippen LogP) is 2.62. The molecular weight excluding hydrogens is 350 g/mol. The lowest BCUT2D eigenvalue weighted by Gasteiger charge is -2.22. The van der Waals surface area contributed by atoms with Gasteiger partial charge in [0.2, 0.25) is 0 Å². The van der Waals surface area contributed by atoms with E-state index in [4.69, 9.17) is 0 Å². The lowest BCUT2D eigenvalue weighted by molar-refractivity contribution is 0.0673. The minimum atomic E-state index is -1.06. The molecule has 1 aromatic heterocycles. The van der Waals surface area contributed by atoms with E-state index >= 15 is 0 Å². The molecule has 0 unspecified atom stereocenters. The number of carbonyl (C=O) groups excluding carboxylic acids is 1. The molecule has 1 fully saturated rings. The molecule has 6 nitrogen and oxygen atoms in total. The molecule has 0 saturated carbocycles.